The van der Waals surface area contributed by atoms with E-state index in [1.807, 2.05) is 25.7 Å². The molecule has 1 saturated heterocycles. The van der Waals surface area contributed by atoms with Gasteiger partial charge in [0.25, 0.3) is 0 Å². The largest absolute Gasteiger partial charge is 0.490 e. The normalized spacial score (nSPS) is 17.1. The molecular weight excluding hydrogens is 384 g/mol. The zero-order valence-electron chi connectivity index (χ0n) is 18.4. The van der Waals surface area contributed by atoms with Gasteiger partial charge in [0.1, 0.15) is 12.4 Å². The number of aliphatic hydroxyl groups is 1. The van der Waals surface area contributed by atoms with Crippen molar-refractivity contribution in [3.8, 4) is 5.75 Å². The van der Waals surface area contributed by atoms with Crippen molar-refractivity contribution in [2.24, 2.45) is 0 Å². The lowest BCUT2D eigenvalue weighted by atomic mass is 10.1. The van der Waals surface area contributed by atoms with Gasteiger partial charge in [-0.2, -0.15) is 0 Å². The Morgan fingerprint density at radius 1 is 1.20 bits per heavy atom. The Morgan fingerprint density at radius 2 is 1.87 bits per heavy atom. The van der Waals surface area contributed by atoms with Gasteiger partial charge in [-0.15, -0.1) is 0 Å². The molecule has 30 heavy (non-hydrogen) atoms. The summed E-state index contributed by atoms with van der Waals surface area (Å²) in [6.45, 7) is 7.37. The Balaban J connectivity index is 1.72. The number of urea groups is 1. The molecule has 0 bridgehead atoms. The molecule has 1 aliphatic heterocycles. The van der Waals surface area contributed by atoms with Crippen molar-refractivity contribution < 1.29 is 24.5 Å². The molecule has 3 N–H and O–H groups in total. The van der Waals surface area contributed by atoms with Gasteiger partial charge in [0.2, 0.25) is 0 Å². The van der Waals surface area contributed by atoms with Crippen molar-refractivity contribution in [1.29, 1.82) is 0 Å². The molecule has 1 heterocycles. The van der Waals surface area contributed by atoms with Crippen LogP contribution in [0.25, 0.3) is 0 Å². The SMILES string of the molecule is Cc1cc(C)c(OCC(O)CCN2C(=O)NCC2CCCCCCC(=O)O)c(C)c1. The first-order valence-electron chi connectivity index (χ1n) is 10.9. The van der Waals surface area contributed by atoms with E-state index in [0.29, 0.717) is 25.9 Å². The molecule has 168 valence electrons. The molecule has 0 aromatic heterocycles. The van der Waals surface area contributed by atoms with Crippen LogP contribution in [-0.4, -0.2) is 59.0 Å². The number of amides is 2. The predicted molar refractivity (Wildman–Crippen MR) is 116 cm³/mol. The second-order valence-corrected chi connectivity index (χ2v) is 8.36. The van der Waals surface area contributed by atoms with Crippen LogP contribution in [0.1, 0.15) is 61.6 Å². The third kappa shape index (κ3) is 7.52. The number of nitrogens with one attached hydrogen (secondary N) is 1. The summed E-state index contributed by atoms with van der Waals surface area (Å²) in [5, 5.41) is 21.9. The molecule has 2 unspecified atom stereocenters. The van der Waals surface area contributed by atoms with E-state index in [1.165, 1.54) is 5.56 Å². The van der Waals surface area contributed by atoms with Crippen LogP contribution in [0, 0.1) is 20.8 Å². The Morgan fingerprint density at radius 3 is 2.53 bits per heavy atom. The highest BCUT2D eigenvalue weighted by Crippen LogP contribution is 2.25. The maximum atomic E-state index is 12.1. The lowest BCUT2D eigenvalue weighted by Gasteiger charge is -2.24. The Labute approximate surface area is 179 Å². The van der Waals surface area contributed by atoms with Gasteiger partial charge in [-0.25, -0.2) is 4.79 Å². The summed E-state index contributed by atoms with van der Waals surface area (Å²) in [7, 11) is 0. The topological polar surface area (TPSA) is 99.1 Å². The number of carbonyl (C=O) groups excluding carboxylic acids is 1. The predicted octanol–water partition coefficient (Wildman–Crippen LogP) is 3.56. The van der Waals surface area contributed by atoms with Crippen molar-refractivity contribution >= 4 is 12.0 Å². The number of nitrogens with zero attached hydrogens (tertiary/aromatic N) is 1. The molecule has 2 atom stereocenters. The van der Waals surface area contributed by atoms with Gasteiger partial charge in [-0.05, 0) is 51.2 Å². The van der Waals surface area contributed by atoms with Gasteiger partial charge in [0, 0.05) is 19.5 Å². The molecule has 7 heteroatoms. The number of carbonyl (C=O) groups is 2. The smallest absolute Gasteiger partial charge is 0.317 e. The molecule has 0 aliphatic carbocycles. The van der Waals surface area contributed by atoms with Gasteiger partial charge >= 0.3 is 12.0 Å². The summed E-state index contributed by atoms with van der Waals surface area (Å²) >= 11 is 0. The number of ether oxygens (including phenoxy) is 1. The van der Waals surface area contributed by atoms with Crippen LogP contribution in [0.5, 0.6) is 5.75 Å². The van der Waals surface area contributed by atoms with Crippen LogP contribution in [-0.2, 0) is 4.79 Å². The number of hydrogen-bond donors (Lipinski definition) is 3. The Bertz CT molecular complexity index is 699. The number of carboxylic acids is 1. The maximum Gasteiger partial charge on any atom is 0.317 e. The van der Waals surface area contributed by atoms with Crippen molar-refractivity contribution in [2.45, 2.75) is 77.9 Å². The lowest BCUT2D eigenvalue weighted by Crippen LogP contribution is -2.37. The molecule has 0 spiro atoms. The highest BCUT2D eigenvalue weighted by atomic mass is 16.5. The number of carboxylic acid groups (broad SMARTS) is 1. The Kier molecular flexibility index (Phi) is 9.43. The van der Waals surface area contributed by atoms with Gasteiger partial charge in [-0.3, -0.25) is 4.79 Å². The standard InChI is InChI=1S/C23H36N2O5/c1-16-12-17(2)22(18(3)13-16)30-15-20(26)10-11-25-19(14-24-23(25)29)8-6-4-5-7-9-21(27)28/h12-13,19-20,26H,4-11,14-15H2,1-3H3,(H,24,29)(H,27,28). The van der Waals surface area contributed by atoms with Crippen LogP contribution in [0.15, 0.2) is 12.1 Å². The van der Waals surface area contributed by atoms with E-state index in [1.54, 1.807) is 0 Å². The third-order valence-electron chi connectivity index (χ3n) is 5.60. The summed E-state index contributed by atoms with van der Waals surface area (Å²) in [5.41, 5.74) is 3.30. The van der Waals surface area contributed by atoms with Crippen molar-refractivity contribution in [3.05, 3.63) is 28.8 Å². The minimum Gasteiger partial charge on any atom is -0.490 e. The second kappa shape index (κ2) is 11.8. The summed E-state index contributed by atoms with van der Waals surface area (Å²) in [6, 6.07) is 4.18. The minimum atomic E-state index is -0.748. The zero-order valence-corrected chi connectivity index (χ0v) is 18.4. The molecule has 2 amide bonds. The van der Waals surface area contributed by atoms with Crippen LogP contribution in [0.2, 0.25) is 0 Å². The molecule has 1 aromatic rings. The molecule has 0 saturated carbocycles. The number of aliphatic hydroxyl groups excluding tert-OH is 1. The molecular formula is C23H36N2O5. The van der Waals surface area contributed by atoms with Gasteiger partial charge in [-0.1, -0.05) is 37.0 Å². The fourth-order valence-corrected chi connectivity index (χ4v) is 4.08. The van der Waals surface area contributed by atoms with Crippen LogP contribution in [0.3, 0.4) is 0 Å². The van der Waals surface area contributed by atoms with Crippen LogP contribution in [0.4, 0.5) is 4.79 Å². The van der Waals surface area contributed by atoms with Crippen LogP contribution < -0.4 is 10.1 Å². The fraction of sp³-hybridized carbons (Fsp3) is 0.652. The van der Waals surface area contributed by atoms with E-state index < -0.39 is 12.1 Å². The second-order valence-electron chi connectivity index (χ2n) is 8.36. The number of unbranched alkanes of at least 4 members (excludes halogenated alkanes) is 3. The van der Waals surface area contributed by atoms with E-state index in [-0.39, 0.29) is 25.1 Å². The summed E-state index contributed by atoms with van der Waals surface area (Å²) in [4.78, 5) is 24.5. The number of aryl methyl sites for hydroxylation is 3. The van der Waals surface area contributed by atoms with E-state index in [2.05, 4.69) is 17.4 Å². The fourth-order valence-electron chi connectivity index (χ4n) is 4.08. The van der Waals surface area contributed by atoms with Gasteiger partial charge in [0.15, 0.2) is 0 Å². The average molecular weight is 421 g/mol. The Hall–Kier alpha value is -2.28. The molecule has 1 aromatic carbocycles. The monoisotopic (exact) mass is 420 g/mol. The van der Waals surface area contributed by atoms with E-state index >= 15 is 0 Å². The van der Waals surface area contributed by atoms with E-state index in [9.17, 15) is 14.7 Å². The number of hydrogen-bond acceptors (Lipinski definition) is 4. The number of aliphatic carboxylic acids is 1. The van der Waals surface area contributed by atoms with Crippen molar-refractivity contribution in [1.82, 2.24) is 10.2 Å². The first-order chi connectivity index (χ1) is 14.3. The third-order valence-corrected chi connectivity index (χ3v) is 5.60. The average Bonchev–Trinajstić information content (AvgIpc) is 3.01. The summed E-state index contributed by atoms with van der Waals surface area (Å²) in [6.07, 6.45) is 4.46. The number of rotatable bonds is 13. The first kappa shape index (κ1) is 24.0. The van der Waals surface area contributed by atoms with E-state index in [4.69, 9.17) is 9.84 Å². The van der Waals surface area contributed by atoms with Crippen molar-refractivity contribution in [2.75, 3.05) is 19.7 Å². The molecule has 2 rings (SSSR count). The molecule has 1 aliphatic rings. The summed E-state index contributed by atoms with van der Waals surface area (Å²) < 4.78 is 5.86. The van der Waals surface area contributed by atoms with Gasteiger partial charge in [0.05, 0.1) is 12.1 Å². The van der Waals surface area contributed by atoms with Crippen molar-refractivity contribution in [3.63, 3.8) is 0 Å². The van der Waals surface area contributed by atoms with E-state index in [0.717, 1.165) is 42.6 Å². The lowest BCUT2D eigenvalue weighted by molar-refractivity contribution is -0.137. The highest BCUT2D eigenvalue weighted by molar-refractivity contribution is 5.76. The minimum absolute atomic E-state index is 0.0794. The first-order valence-corrected chi connectivity index (χ1v) is 10.9. The molecule has 7 nitrogen and oxygen atoms in total. The maximum absolute atomic E-state index is 12.1. The summed E-state index contributed by atoms with van der Waals surface area (Å²) in [5.74, 6) is 0.0707. The number of benzene rings is 1. The molecule has 1 fully saturated rings. The molecule has 0 radical (unpaired) electrons. The zero-order chi connectivity index (χ0) is 22.1. The highest BCUT2D eigenvalue weighted by Gasteiger charge is 2.30. The quantitative estimate of drug-likeness (QED) is 0.424. The van der Waals surface area contributed by atoms with Crippen LogP contribution >= 0.6 is 0 Å². The van der Waals surface area contributed by atoms with Gasteiger partial charge < -0.3 is 25.2 Å².